The molecule has 0 aliphatic carbocycles. The van der Waals surface area contributed by atoms with Gasteiger partial charge in [-0.15, -0.1) is 0 Å². The lowest BCUT2D eigenvalue weighted by Crippen LogP contribution is -1.92. The maximum absolute atomic E-state index is 10.2. The standard InChI is InChI=1S/C5H7IO2/c1-4(7)2-3-5(6)8/h2-3H2,1H3. The van der Waals surface area contributed by atoms with Crippen LogP contribution in [0.4, 0.5) is 0 Å². The molecule has 0 saturated carbocycles. The molecule has 0 N–H and O–H groups in total. The Hall–Kier alpha value is 0.0700. The van der Waals surface area contributed by atoms with Gasteiger partial charge in [0.2, 0.25) is 0 Å². The first-order valence-corrected chi connectivity index (χ1v) is 3.38. The Morgan fingerprint density at radius 2 is 1.88 bits per heavy atom. The molecule has 0 saturated heterocycles. The molecule has 0 bridgehead atoms. The van der Waals surface area contributed by atoms with Crippen molar-refractivity contribution in [1.82, 2.24) is 0 Å². The van der Waals surface area contributed by atoms with Crippen molar-refractivity contribution in [2.75, 3.05) is 0 Å². The maximum atomic E-state index is 10.2. The SMILES string of the molecule is CC(=O)CCC(=O)I. The van der Waals surface area contributed by atoms with E-state index in [1.165, 1.54) is 6.92 Å². The lowest BCUT2D eigenvalue weighted by atomic mass is 10.2. The number of carbonyl (C=O) groups excluding carboxylic acids is 2. The Kier molecular flexibility index (Phi) is 4.03. The van der Waals surface area contributed by atoms with Gasteiger partial charge >= 0.3 is 0 Å². The predicted octanol–water partition coefficient (Wildman–Crippen LogP) is 1.32. The van der Waals surface area contributed by atoms with Gasteiger partial charge in [-0.2, -0.15) is 0 Å². The largest absolute Gasteiger partial charge is 0.300 e. The van der Waals surface area contributed by atoms with Crippen molar-refractivity contribution in [3.05, 3.63) is 0 Å². The van der Waals surface area contributed by atoms with Gasteiger partial charge in [-0.05, 0) is 29.5 Å². The van der Waals surface area contributed by atoms with E-state index >= 15 is 0 Å². The highest BCUT2D eigenvalue weighted by atomic mass is 127. The lowest BCUT2D eigenvalue weighted by molar-refractivity contribution is -0.119. The van der Waals surface area contributed by atoms with Crippen LogP contribution in [0.25, 0.3) is 0 Å². The normalized spacial score (nSPS) is 8.75. The Bertz CT molecular complexity index is 95.0. The number of halogens is 1. The number of hydrogen-bond donors (Lipinski definition) is 0. The predicted molar refractivity (Wildman–Crippen MR) is 38.9 cm³/mol. The molecule has 8 heavy (non-hydrogen) atoms. The average Bonchev–Trinajstić information content (AvgIpc) is 1.61. The van der Waals surface area contributed by atoms with Gasteiger partial charge in [0.1, 0.15) is 5.78 Å². The van der Waals surface area contributed by atoms with E-state index in [-0.39, 0.29) is 9.57 Å². The lowest BCUT2D eigenvalue weighted by Gasteiger charge is -1.85. The van der Waals surface area contributed by atoms with Gasteiger partial charge in [-0.3, -0.25) is 4.79 Å². The molecule has 0 heterocycles. The Balaban J connectivity index is 3.18. The first-order chi connectivity index (χ1) is 3.63. The third-order valence-electron chi connectivity index (χ3n) is 0.674. The molecule has 0 unspecified atom stereocenters. The highest BCUT2D eigenvalue weighted by molar-refractivity contribution is 14.1. The van der Waals surface area contributed by atoms with Crippen LogP contribution in [0.1, 0.15) is 19.8 Å². The summed E-state index contributed by atoms with van der Waals surface area (Å²) < 4.78 is 0.0535. The molecule has 3 heteroatoms. The van der Waals surface area contributed by atoms with Gasteiger partial charge in [0, 0.05) is 12.8 Å². The molecule has 0 aromatic carbocycles. The minimum atomic E-state index is 0.0535. The zero-order valence-corrected chi connectivity index (χ0v) is 6.77. The molecule has 0 spiro atoms. The second-order valence-electron chi connectivity index (χ2n) is 1.56. The van der Waals surface area contributed by atoms with E-state index in [9.17, 15) is 9.59 Å². The summed E-state index contributed by atoms with van der Waals surface area (Å²) in [4.78, 5) is 20.4. The van der Waals surface area contributed by atoms with Crippen LogP contribution in [0, 0.1) is 0 Å². The molecule has 0 rings (SSSR count). The fraction of sp³-hybridized carbons (Fsp3) is 0.600. The van der Waals surface area contributed by atoms with Crippen LogP contribution in [0.5, 0.6) is 0 Å². The van der Waals surface area contributed by atoms with Crippen LogP contribution < -0.4 is 0 Å². The fourth-order valence-electron chi connectivity index (χ4n) is 0.274. The highest BCUT2D eigenvalue weighted by Crippen LogP contribution is 1.97. The van der Waals surface area contributed by atoms with Crippen LogP contribution in [0.15, 0.2) is 0 Å². The van der Waals surface area contributed by atoms with E-state index in [0.717, 1.165) is 0 Å². The topological polar surface area (TPSA) is 34.1 Å². The molecule has 0 amide bonds. The van der Waals surface area contributed by atoms with Crippen molar-refractivity contribution in [2.45, 2.75) is 19.8 Å². The quantitative estimate of drug-likeness (QED) is 0.537. The first-order valence-electron chi connectivity index (χ1n) is 2.30. The van der Waals surface area contributed by atoms with Gasteiger partial charge in [-0.25, -0.2) is 0 Å². The molecule has 0 aromatic rings. The summed E-state index contributed by atoms with van der Waals surface area (Å²) >= 11 is 1.68. The van der Waals surface area contributed by atoms with Crippen molar-refractivity contribution >= 4 is 32.2 Å². The van der Waals surface area contributed by atoms with Gasteiger partial charge in [0.25, 0.3) is 0 Å². The summed E-state index contributed by atoms with van der Waals surface area (Å²) in [6, 6.07) is 0. The van der Waals surface area contributed by atoms with E-state index in [0.29, 0.717) is 12.8 Å². The van der Waals surface area contributed by atoms with Crippen LogP contribution >= 0.6 is 22.6 Å². The van der Waals surface area contributed by atoms with Crippen molar-refractivity contribution in [1.29, 1.82) is 0 Å². The summed E-state index contributed by atoms with van der Waals surface area (Å²) in [5.74, 6) is 0.0787. The van der Waals surface area contributed by atoms with E-state index in [1.54, 1.807) is 22.6 Å². The number of ketones is 1. The number of hydrogen-bond acceptors (Lipinski definition) is 2. The van der Waals surface area contributed by atoms with E-state index < -0.39 is 0 Å². The molecule has 0 aromatic heterocycles. The summed E-state index contributed by atoms with van der Waals surface area (Å²) in [6.45, 7) is 1.49. The van der Waals surface area contributed by atoms with E-state index in [2.05, 4.69) is 0 Å². The second kappa shape index (κ2) is 4.00. The first kappa shape index (κ1) is 8.07. The minimum absolute atomic E-state index is 0.0535. The molecular formula is C5H7IO2. The molecule has 0 radical (unpaired) electrons. The Morgan fingerprint density at radius 1 is 1.38 bits per heavy atom. The highest BCUT2D eigenvalue weighted by Gasteiger charge is 1.96. The van der Waals surface area contributed by atoms with E-state index in [4.69, 9.17) is 0 Å². The zero-order chi connectivity index (χ0) is 6.57. The van der Waals surface area contributed by atoms with Gasteiger partial charge in [0.15, 0.2) is 3.79 Å². The average molecular weight is 226 g/mol. The summed E-state index contributed by atoms with van der Waals surface area (Å²) in [6.07, 6.45) is 0.775. The Labute approximate surface area is 61.8 Å². The van der Waals surface area contributed by atoms with Crippen LogP contribution in [0.2, 0.25) is 0 Å². The summed E-state index contributed by atoms with van der Waals surface area (Å²) in [5, 5.41) is 0. The summed E-state index contributed by atoms with van der Waals surface area (Å²) in [7, 11) is 0. The Morgan fingerprint density at radius 3 is 2.00 bits per heavy atom. The fourth-order valence-corrected chi connectivity index (χ4v) is 0.544. The molecule has 0 atom stereocenters. The van der Waals surface area contributed by atoms with Crippen LogP contribution in [0.3, 0.4) is 0 Å². The number of Topliss-reactive ketones (excluding diaryl/α,β-unsaturated/α-hetero) is 1. The van der Waals surface area contributed by atoms with Gasteiger partial charge < -0.3 is 4.79 Å². The van der Waals surface area contributed by atoms with Crippen molar-refractivity contribution < 1.29 is 9.59 Å². The van der Waals surface area contributed by atoms with Crippen LogP contribution in [-0.4, -0.2) is 9.57 Å². The number of carbonyl (C=O) groups is 2. The van der Waals surface area contributed by atoms with Gasteiger partial charge in [0.05, 0.1) is 0 Å². The monoisotopic (exact) mass is 226 g/mol. The molecular weight excluding hydrogens is 219 g/mol. The van der Waals surface area contributed by atoms with Crippen molar-refractivity contribution in [3.63, 3.8) is 0 Å². The minimum Gasteiger partial charge on any atom is -0.300 e. The van der Waals surface area contributed by atoms with E-state index in [1.807, 2.05) is 0 Å². The molecule has 2 nitrogen and oxygen atoms in total. The molecule has 0 aliphatic heterocycles. The molecule has 46 valence electrons. The number of rotatable bonds is 3. The third kappa shape index (κ3) is 6.07. The van der Waals surface area contributed by atoms with Crippen LogP contribution in [-0.2, 0) is 9.59 Å². The zero-order valence-electron chi connectivity index (χ0n) is 4.61. The third-order valence-corrected chi connectivity index (χ3v) is 1.21. The van der Waals surface area contributed by atoms with Gasteiger partial charge in [-0.1, -0.05) is 0 Å². The second-order valence-corrected chi connectivity index (χ2v) is 2.76. The maximum Gasteiger partial charge on any atom is 0.192 e. The molecule has 0 fully saturated rings. The van der Waals surface area contributed by atoms with Crippen molar-refractivity contribution in [3.8, 4) is 0 Å². The van der Waals surface area contributed by atoms with Crippen molar-refractivity contribution in [2.24, 2.45) is 0 Å². The molecule has 0 aliphatic rings. The summed E-state index contributed by atoms with van der Waals surface area (Å²) in [5.41, 5.74) is 0. The smallest absolute Gasteiger partial charge is 0.192 e.